The fourth-order valence-corrected chi connectivity index (χ4v) is 3.30. The van der Waals surface area contributed by atoms with Gasteiger partial charge in [-0.25, -0.2) is 17.9 Å². The van der Waals surface area contributed by atoms with E-state index in [2.05, 4.69) is 10.0 Å². The van der Waals surface area contributed by atoms with E-state index in [1.165, 1.54) is 12.1 Å². The van der Waals surface area contributed by atoms with E-state index in [0.717, 1.165) is 0 Å². The smallest absolute Gasteiger partial charge is 0.407 e. The van der Waals surface area contributed by atoms with Crippen molar-refractivity contribution in [3.05, 3.63) is 28.8 Å². The third-order valence-corrected chi connectivity index (χ3v) is 4.85. The number of carbonyl (C=O) groups excluding carboxylic acids is 1. The van der Waals surface area contributed by atoms with Crippen molar-refractivity contribution in [2.75, 3.05) is 26.3 Å². The lowest BCUT2D eigenvalue weighted by Crippen LogP contribution is -2.42. The Morgan fingerprint density at radius 1 is 1.41 bits per heavy atom. The van der Waals surface area contributed by atoms with Crippen LogP contribution in [0.2, 0.25) is 5.02 Å². The molecule has 0 aliphatic carbocycles. The minimum absolute atomic E-state index is 0.0562. The molecule has 7 nitrogen and oxygen atoms in total. The number of nitrogens with one attached hydrogen (secondary N) is 2. The second kappa shape index (κ2) is 7.28. The topological polar surface area (TPSA) is 93.7 Å². The third kappa shape index (κ3) is 4.57. The van der Waals surface area contributed by atoms with Gasteiger partial charge in [0.2, 0.25) is 10.0 Å². The van der Waals surface area contributed by atoms with Crippen LogP contribution < -0.4 is 10.0 Å². The monoisotopic (exact) mass is 348 g/mol. The Bertz CT molecular complexity index is 646. The van der Waals surface area contributed by atoms with E-state index in [-0.39, 0.29) is 24.1 Å². The number of benzene rings is 1. The molecule has 1 aliphatic rings. The summed E-state index contributed by atoms with van der Waals surface area (Å²) in [5.74, 6) is 0. The van der Waals surface area contributed by atoms with Crippen molar-refractivity contribution >= 4 is 27.7 Å². The number of carbonyl (C=O) groups is 1. The quantitative estimate of drug-likeness (QED) is 0.749. The van der Waals surface area contributed by atoms with E-state index < -0.39 is 16.1 Å². The molecule has 1 aliphatic heterocycles. The number of aryl methyl sites for hydroxylation is 1. The van der Waals surface area contributed by atoms with Crippen LogP contribution in [0.15, 0.2) is 23.1 Å². The summed E-state index contributed by atoms with van der Waals surface area (Å²) in [6.45, 7) is 2.64. The highest BCUT2D eigenvalue weighted by molar-refractivity contribution is 7.89. The number of halogens is 1. The maximum absolute atomic E-state index is 12.1. The van der Waals surface area contributed by atoms with Crippen LogP contribution in [-0.4, -0.2) is 46.9 Å². The summed E-state index contributed by atoms with van der Waals surface area (Å²) in [5, 5.41) is 2.94. The highest BCUT2D eigenvalue weighted by Crippen LogP contribution is 2.19. The Morgan fingerprint density at radius 2 is 2.14 bits per heavy atom. The first-order chi connectivity index (χ1) is 10.4. The van der Waals surface area contributed by atoms with Crippen LogP contribution in [0, 0.1) is 6.92 Å². The Morgan fingerprint density at radius 3 is 2.73 bits per heavy atom. The van der Waals surface area contributed by atoms with Gasteiger partial charge in [-0.3, -0.25) is 0 Å². The van der Waals surface area contributed by atoms with Gasteiger partial charge in [0.05, 0.1) is 18.1 Å². The lowest BCUT2D eigenvalue weighted by Gasteiger charge is -2.25. The molecule has 22 heavy (non-hydrogen) atoms. The van der Waals surface area contributed by atoms with Gasteiger partial charge in [0.15, 0.2) is 6.10 Å². The van der Waals surface area contributed by atoms with Crippen LogP contribution in [0.3, 0.4) is 0 Å². The minimum Gasteiger partial charge on any atom is -0.441 e. The van der Waals surface area contributed by atoms with Crippen molar-refractivity contribution in [2.45, 2.75) is 17.9 Å². The zero-order valence-electron chi connectivity index (χ0n) is 12.0. The van der Waals surface area contributed by atoms with Gasteiger partial charge >= 0.3 is 6.09 Å². The highest BCUT2D eigenvalue weighted by Gasteiger charge is 2.22. The molecule has 1 fully saturated rings. The molecule has 1 aromatic carbocycles. The molecule has 1 amide bonds. The molecule has 1 aromatic rings. The van der Waals surface area contributed by atoms with Crippen molar-refractivity contribution in [1.29, 1.82) is 0 Å². The zero-order chi connectivity index (χ0) is 16.2. The van der Waals surface area contributed by atoms with Gasteiger partial charge in [-0.2, -0.15) is 0 Å². The minimum atomic E-state index is -3.64. The van der Waals surface area contributed by atoms with E-state index in [4.69, 9.17) is 21.1 Å². The Balaban J connectivity index is 1.78. The average molecular weight is 349 g/mol. The van der Waals surface area contributed by atoms with Crippen LogP contribution in [0.4, 0.5) is 4.79 Å². The first-order valence-corrected chi connectivity index (χ1v) is 8.52. The second-order valence-corrected chi connectivity index (χ2v) is 6.97. The van der Waals surface area contributed by atoms with E-state index in [0.29, 0.717) is 23.8 Å². The molecule has 1 heterocycles. The van der Waals surface area contributed by atoms with Gasteiger partial charge in [0.1, 0.15) is 0 Å². The molecule has 0 saturated carbocycles. The van der Waals surface area contributed by atoms with Gasteiger partial charge in [-0.05, 0) is 30.7 Å². The normalized spacial score (nSPS) is 15.2. The molecular formula is C13H17ClN2O5S. The van der Waals surface area contributed by atoms with Crippen LogP contribution in [0.5, 0.6) is 0 Å². The summed E-state index contributed by atoms with van der Waals surface area (Å²) in [7, 11) is -3.64. The molecule has 0 aromatic heterocycles. The molecular weight excluding hydrogens is 332 g/mol. The summed E-state index contributed by atoms with van der Waals surface area (Å²) in [6.07, 6.45) is -0.802. The van der Waals surface area contributed by atoms with Crippen molar-refractivity contribution in [3.8, 4) is 0 Å². The molecule has 0 radical (unpaired) electrons. The molecule has 2 N–H and O–H groups in total. The van der Waals surface area contributed by atoms with E-state index >= 15 is 0 Å². The molecule has 122 valence electrons. The molecule has 9 heteroatoms. The predicted octanol–water partition coefficient (Wildman–Crippen LogP) is 1.05. The van der Waals surface area contributed by atoms with Gasteiger partial charge in [-0.15, -0.1) is 0 Å². The molecule has 1 saturated heterocycles. The van der Waals surface area contributed by atoms with E-state index in [9.17, 15) is 13.2 Å². The van der Waals surface area contributed by atoms with Crippen LogP contribution >= 0.6 is 11.6 Å². The Hall–Kier alpha value is -1.35. The number of alkyl carbamates (subject to hydrolysis) is 1. The van der Waals surface area contributed by atoms with E-state index in [1.54, 1.807) is 13.0 Å². The molecule has 0 atom stereocenters. The van der Waals surface area contributed by atoms with Gasteiger partial charge < -0.3 is 14.8 Å². The van der Waals surface area contributed by atoms with Crippen molar-refractivity contribution in [2.24, 2.45) is 0 Å². The average Bonchev–Trinajstić information content (AvgIpc) is 2.38. The fourth-order valence-electron chi connectivity index (χ4n) is 1.82. The summed E-state index contributed by atoms with van der Waals surface area (Å²) in [5.41, 5.74) is 0.553. The molecule has 0 bridgehead atoms. The zero-order valence-corrected chi connectivity index (χ0v) is 13.5. The SMILES string of the molecule is Cc1cc(Cl)ccc1S(=O)(=O)NCCNC(=O)OC1COC1. The van der Waals surface area contributed by atoms with Crippen molar-refractivity contribution in [3.63, 3.8) is 0 Å². The van der Waals surface area contributed by atoms with Gasteiger partial charge in [0, 0.05) is 18.1 Å². The number of rotatable bonds is 6. The largest absolute Gasteiger partial charge is 0.441 e. The highest BCUT2D eigenvalue weighted by atomic mass is 35.5. The first kappa shape index (κ1) is 17.0. The molecule has 0 unspecified atom stereocenters. The third-order valence-electron chi connectivity index (χ3n) is 2.99. The standard InChI is InChI=1S/C13H17ClN2O5S/c1-9-6-10(14)2-3-12(9)22(18,19)16-5-4-15-13(17)21-11-7-20-8-11/h2-3,6,11,16H,4-5,7-8H2,1H3,(H,15,17). The predicted molar refractivity (Wildman–Crippen MR) is 80.5 cm³/mol. The van der Waals surface area contributed by atoms with Gasteiger partial charge in [0.25, 0.3) is 0 Å². The number of hydrogen-bond acceptors (Lipinski definition) is 5. The van der Waals surface area contributed by atoms with Crippen molar-refractivity contribution < 1.29 is 22.7 Å². The Kier molecular flexibility index (Phi) is 5.63. The lowest BCUT2D eigenvalue weighted by atomic mass is 10.2. The molecule has 0 spiro atoms. The summed E-state index contributed by atoms with van der Waals surface area (Å²) in [4.78, 5) is 11.5. The van der Waals surface area contributed by atoms with E-state index in [1.807, 2.05) is 0 Å². The number of amides is 1. The maximum Gasteiger partial charge on any atom is 0.407 e. The number of sulfonamides is 1. The van der Waals surface area contributed by atoms with Gasteiger partial charge in [-0.1, -0.05) is 11.6 Å². The van der Waals surface area contributed by atoms with Crippen LogP contribution in [0.1, 0.15) is 5.56 Å². The maximum atomic E-state index is 12.1. The first-order valence-electron chi connectivity index (χ1n) is 6.66. The van der Waals surface area contributed by atoms with Crippen LogP contribution in [0.25, 0.3) is 0 Å². The van der Waals surface area contributed by atoms with Crippen LogP contribution in [-0.2, 0) is 19.5 Å². The summed E-state index contributed by atoms with van der Waals surface area (Å²) < 4.78 is 36.5. The second-order valence-electron chi connectivity index (χ2n) is 4.80. The number of hydrogen-bond donors (Lipinski definition) is 2. The Labute approximate surface area is 134 Å². The fraction of sp³-hybridized carbons (Fsp3) is 0.462. The summed E-state index contributed by atoms with van der Waals surface area (Å²) >= 11 is 5.80. The summed E-state index contributed by atoms with van der Waals surface area (Å²) in [6, 6.07) is 4.53. The lowest BCUT2D eigenvalue weighted by molar-refractivity contribution is -0.0978. The number of ether oxygens (including phenoxy) is 2. The molecule has 2 rings (SSSR count). The van der Waals surface area contributed by atoms with Crippen molar-refractivity contribution in [1.82, 2.24) is 10.0 Å².